The molecule has 0 spiro atoms. The molecule has 5 unspecified atom stereocenters. The molecular weight excluding hydrogens is 835 g/mol. The number of unbranched alkanes of at least 4 members (excludes halogenated alkanes) is 7. The number of rotatable bonds is 21. The number of nitrogens with one attached hydrogen (secondary N) is 4. The average molecular weight is 899 g/mol. The van der Waals surface area contributed by atoms with Crippen LogP contribution in [0.3, 0.4) is 0 Å². The first kappa shape index (κ1) is 52.4. The number of phenolic OH excluding ortho intramolecular Hbond substituents is 1. The van der Waals surface area contributed by atoms with Crippen LogP contribution in [0.2, 0.25) is 0 Å². The monoisotopic (exact) mass is 898 g/mol. The molecule has 20 heteroatoms. The van der Waals surface area contributed by atoms with E-state index in [-0.39, 0.29) is 34.6 Å². The number of likely N-dealkylation sites (N-methyl/N-ethyl adjacent to an activating group) is 2. The van der Waals surface area contributed by atoms with E-state index in [2.05, 4.69) is 35.1 Å². The van der Waals surface area contributed by atoms with Crippen molar-refractivity contribution in [2.75, 3.05) is 32.5 Å². The number of aliphatic carboxylic acids is 1. The van der Waals surface area contributed by atoms with Gasteiger partial charge < -0.3 is 51.5 Å². The van der Waals surface area contributed by atoms with Crippen molar-refractivity contribution in [3.63, 3.8) is 0 Å². The van der Waals surface area contributed by atoms with Crippen LogP contribution in [0.15, 0.2) is 30.3 Å². The molecule has 2 aromatic rings. The molecule has 0 fully saturated rings. The number of aliphatic hydroxyl groups excluding tert-OH is 1. The number of anilines is 1. The predicted octanol–water partition coefficient (Wildman–Crippen LogP) is 1.84. The van der Waals surface area contributed by atoms with Crippen molar-refractivity contribution < 1.29 is 64.4 Å². The number of nitrogens with zero attached hydrogens (tertiary/aromatic N) is 3. The molecule has 1 aliphatic rings. The van der Waals surface area contributed by atoms with Crippen molar-refractivity contribution in [3.8, 4) is 22.6 Å². The fourth-order valence-corrected chi connectivity index (χ4v) is 7.30. The second-order valence-corrected chi connectivity index (χ2v) is 16.7. The number of carbonyl (C=O) groups excluding carboxylic acids is 6. The van der Waals surface area contributed by atoms with Gasteiger partial charge in [-0.15, -0.1) is 5.23 Å². The molecule has 0 radical (unpaired) electrons. The Kier molecular flexibility index (Phi) is 20.2. The van der Waals surface area contributed by atoms with Crippen LogP contribution in [0.1, 0.15) is 109 Å². The lowest BCUT2D eigenvalue weighted by Crippen LogP contribution is -2.55. The van der Waals surface area contributed by atoms with E-state index >= 15 is 0 Å². The summed E-state index contributed by atoms with van der Waals surface area (Å²) < 4.78 is 0. The lowest BCUT2D eigenvalue weighted by atomic mass is 9.93. The molecule has 0 aromatic heterocycles. The highest BCUT2D eigenvalue weighted by Crippen LogP contribution is 2.42. The number of carbonyl (C=O) groups is 7. The standard InChI is InChI=1S/C44H65N7O13/c1-25(2)15-13-11-9-7-8-10-12-14-16-36(54)49(5)34(24-52)42(59)46-26(3)40(57)45-23-37(55)50(6)38-29-17-18-35(53)30(22-29)31-19-28(21-33(39(31)56)51(63)64)20-32(44(61)62)48-41(58)27(4)47-43(38)60/h17-19,21-22,25-27,32,34,38,52-53,56,63-64H,7-16,20,23-24H2,1-6H3,(H,45,57)(H,46,59)(H,47,60)(H,48,58)(H,61,62)/p-1. The first-order valence-corrected chi connectivity index (χ1v) is 21.6. The highest BCUT2D eigenvalue weighted by molar-refractivity contribution is 5.96. The van der Waals surface area contributed by atoms with Gasteiger partial charge in [-0.3, -0.25) is 39.2 Å². The fraction of sp³-hybridized carbons (Fsp3) is 0.568. The van der Waals surface area contributed by atoms with Crippen molar-refractivity contribution in [1.82, 2.24) is 31.1 Å². The largest absolute Gasteiger partial charge is 0.871 e. The molecule has 6 amide bonds. The van der Waals surface area contributed by atoms with Gasteiger partial charge >= 0.3 is 5.97 Å². The molecule has 0 saturated heterocycles. The zero-order valence-corrected chi connectivity index (χ0v) is 37.4. The van der Waals surface area contributed by atoms with E-state index in [9.17, 15) is 64.4 Å². The van der Waals surface area contributed by atoms with E-state index in [1.54, 1.807) is 0 Å². The highest BCUT2D eigenvalue weighted by Gasteiger charge is 2.34. The van der Waals surface area contributed by atoms with Gasteiger partial charge in [0.25, 0.3) is 0 Å². The molecule has 20 nitrogen and oxygen atoms in total. The molecule has 1 heterocycles. The molecule has 4 bridgehead atoms. The number of fused-ring (bicyclic) bond motifs is 5. The topological polar surface area (TPSA) is 302 Å². The van der Waals surface area contributed by atoms with Gasteiger partial charge in [0.1, 0.15) is 36.0 Å². The molecule has 9 N–H and O–H groups in total. The SMILES string of the molecule is CC(C)CCCCCCCCCCC(=O)N(C)C(CO)C(=O)NC(C)C(=O)NCC(=O)N(C)C1C(=O)NC(C)C(=O)NC(C(=O)O)Cc2cc(c([O-])c(N(O)O)c2)-c2cc1ccc2O. The van der Waals surface area contributed by atoms with Crippen molar-refractivity contribution in [2.45, 2.75) is 129 Å². The average Bonchev–Trinajstić information content (AvgIpc) is 3.23. The van der Waals surface area contributed by atoms with E-state index in [0.717, 1.165) is 47.6 Å². The van der Waals surface area contributed by atoms with Crippen molar-refractivity contribution in [3.05, 3.63) is 41.5 Å². The minimum Gasteiger partial charge on any atom is -0.871 e. The van der Waals surface area contributed by atoms with Gasteiger partial charge in [-0.25, -0.2) is 4.79 Å². The van der Waals surface area contributed by atoms with Crippen LogP contribution >= 0.6 is 0 Å². The Morgan fingerprint density at radius 3 is 2.06 bits per heavy atom. The van der Waals surface area contributed by atoms with Crippen LogP contribution in [0.5, 0.6) is 11.5 Å². The van der Waals surface area contributed by atoms with Crippen molar-refractivity contribution in [2.24, 2.45) is 5.92 Å². The second-order valence-electron chi connectivity index (χ2n) is 16.7. The van der Waals surface area contributed by atoms with E-state index in [0.29, 0.717) is 12.3 Å². The van der Waals surface area contributed by atoms with Gasteiger partial charge in [0, 0.05) is 32.5 Å². The minimum absolute atomic E-state index is 0.00555. The molecule has 1 aliphatic heterocycles. The number of aliphatic hydroxyl groups is 1. The quantitative estimate of drug-likeness (QED) is 0.0639. The summed E-state index contributed by atoms with van der Waals surface area (Å²) in [6.45, 7) is 5.60. The maximum absolute atomic E-state index is 13.9. The zero-order valence-electron chi connectivity index (χ0n) is 37.4. The van der Waals surface area contributed by atoms with Gasteiger partial charge in [-0.05, 0) is 61.1 Å². The Morgan fingerprint density at radius 1 is 0.844 bits per heavy atom. The first-order valence-electron chi connectivity index (χ1n) is 21.6. The molecule has 354 valence electrons. The Morgan fingerprint density at radius 2 is 1.47 bits per heavy atom. The van der Waals surface area contributed by atoms with Crippen molar-refractivity contribution >= 4 is 47.1 Å². The summed E-state index contributed by atoms with van der Waals surface area (Å²) in [5.41, 5.74) is -1.27. The normalized spacial score (nSPS) is 17.2. The van der Waals surface area contributed by atoms with E-state index < -0.39 is 108 Å². The maximum Gasteiger partial charge on any atom is 0.326 e. The summed E-state index contributed by atoms with van der Waals surface area (Å²) in [5.74, 6) is -7.05. The Bertz CT molecular complexity index is 1980. The number of amides is 6. The summed E-state index contributed by atoms with van der Waals surface area (Å²) in [5, 5.41) is 73.0. The third-order valence-corrected chi connectivity index (χ3v) is 11.2. The molecule has 64 heavy (non-hydrogen) atoms. The molecule has 2 aromatic carbocycles. The number of carboxylic acid groups (broad SMARTS) is 1. The van der Waals surface area contributed by atoms with Crippen LogP contribution < -0.4 is 31.6 Å². The zero-order chi connectivity index (χ0) is 47.8. The van der Waals surface area contributed by atoms with E-state index in [4.69, 9.17) is 0 Å². The minimum atomic E-state index is -1.63. The number of aromatic hydroxyl groups is 1. The Balaban J connectivity index is 1.72. The van der Waals surface area contributed by atoms with Gasteiger partial charge in [0.05, 0.1) is 18.8 Å². The predicted molar refractivity (Wildman–Crippen MR) is 231 cm³/mol. The van der Waals surface area contributed by atoms with Crippen LogP contribution in [-0.4, -0.2) is 128 Å². The van der Waals surface area contributed by atoms with E-state index in [1.165, 1.54) is 71.8 Å². The summed E-state index contributed by atoms with van der Waals surface area (Å²) in [6, 6.07) is -1.42. The molecule has 0 saturated carbocycles. The molecule has 3 rings (SSSR count). The molecular formula is C44H64N7O13-. The Hall–Kier alpha value is -5.99. The third-order valence-electron chi connectivity index (χ3n) is 11.2. The number of carboxylic acids is 1. The van der Waals surface area contributed by atoms with Crippen molar-refractivity contribution in [1.29, 1.82) is 0 Å². The second kappa shape index (κ2) is 24.7. The number of hydrogen-bond acceptors (Lipinski definition) is 13. The number of hydrogen-bond donors (Lipinski definition) is 9. The van der Waals surface area contributed by atoms with Gasteiger partial charge in [0.15, 0.2) is 0 Å². The van der Waals surface area contributed by atoms with Gasteiger partial charge in [-0.2, -0.15) is 0 Å². The lowest BCUT2D eigenvalue weighted by molar-refractivity contribution is -0.267. The molecule has 0 aliphatic carbocycles. The lowest BCUT2D eigenvalue weighted by Gasteiger charge is -2.31. The Labute approximate surface area is 372 Å². The van der Waals surface area contributed by atoms with Crippen LogP contribution in [-0.2, 0) is 40.0 Å². The number of phenols is 1. The number of benzene rings is 2. The molecule has 5 atom stereocenters. The third kappa shape index (κ3) is 14.8. The van der Waals surface area contributed by atoms with Crippen LogP contribution in [0.4, 0.5) is 5.69 Å². The van der Waals surface area contributed by atoms with Crippen LogP contribution in [0, 0.1) is 5.92 Å². The summed E-state index contributed by atoms with van der Waals surface area (Å²) in [4.78, 5) is 94.1. The van der Waals surface area contributed by atoms with E-state index in [1.807, 2.05) is 0 Å². The maximum atomic E-state index is 13.9. The first-order chi connectivity index (χ1) is 30.2. The van der Waals surface area contributed by atoms with Gasteiger partial charge in [-0.1, -0.05) is 83.1 Å². The smallest absolute Gasteiger partial charge is 0.326 e. The fourth-order valence-electron chi connectivity index (χ4n) is 7.30. The summed E-state index contributed by atoms with van der Waals surface area (Å²) >= 11 is 0. The summed E-state index contributed by atoms with van der Waals surface area (Å²) in [7, 11) is 2.59. The highest BCUT2D eigenvalue weighted by atomic mass is 16.8. The van der Waals surface area contributed by atoms with Gasteiger partial charge in [0.2, 0.25) is 35.4 Å². The van der Waals surface area contributed by atoms with Crippen LogP contribution in [0.25, 0.3) is 11.1 Å². The summed E-state index contributed by atoms with van der Waals surface area (Å²) in [6.07, 6.45) is 9.32.